The summed E-state index contributed by atoms with van der Waals surface area (Å²) >= 11 is 0. The lowest BCUT2D eigenvalue weighted by atomic mass is 10.2. The molecule has 2 amide bonds. The highest BCUT2D eigenvalue weighted by molar-refractivity contribution is 6.00. The number of anilines is 2. The summed E-state index contributed by atoms with van der Waals surface area (Å²) in [5.74, 6) is -0.835. The Morgan fingerprint density at radius 2 is 1.76 bits per heavy atom. The Bertz CT molecular complexity index is 1000. The van der Waals surface area contributed by atoms with Crippen molar-refractivity contribution >= 4 is 28.5 Å². The molecule has 0 bridgehead atoms. The Morgan fingerprint density at radius 3 is 2.40 bits per heavy atom. The molecule has 3 rings (SSSR count). The van der Waals surface area contributed by atoms with Gasteiger partial charge in [0, 0.05) is 23.5 Å². The number of carbonyl (C=O) groups excluding carboxylic acids is 1. The van der Waals surface area contributed by atoms with Crippen molar-refractivity contribution < 1.29 is 13.6 Å². The second kappa shape index (κ2) is 6.43. The summed E-state index contributed by atoms with van der Waals surface area (Å²) in [5, 5.41) is 5.18. The Balaban J connectivity index is 1.79. The average molecular weight is 343 g/mol. The normalized spacial score (nSPS) is 11.1. The van der Waals surface area contributed by atoms with E-state index in [-0.39, 0.29) is 6.04 Å². The number of aromatic nitrogens is 1. The highest BCUT2D eigenvalue weighted by atomic mass is 19.1. The minimum atomic E-state index is -0.520. The molecule has 1 aromatic heterocycles. The number of halogens is 1. The van der Waals surface area contributed by atoms with E-state index in [2.05, 4.69) is 10.6 Å². The van der Waals surface area contributed by atoms with Crippen LogP contribution >= 0.6 is 0 Å². The first-order valence-electron chi connectivity index (χ1n) is 7.84. The van der Waals surface area contributed by atoms with Gasteiger partial charge in [-0.3, -0.25) is 4.57 Å². The van der Waals surface area contributed by atoms with Crippen molar-refractivity contribution in [1.29, 1.82) is 0 Å². The van der Waals surface area contributed by atoms with Crippen LogP contribution in [0.25, 0.3) is 11.1 Å². The molecule has 0 saturated carbocycles. The van der Waals surface area contributed by atoms with Crippen molar-refractivity contribution in [3.8, 4) is 0 Å². The fourth-order valence-electron chi connectivity index (χ4n) is 2.57. The molecule has 2 aromatic carbocycles. The Hall–Kier alpha value is -3.09. The first-order valence-corrected chi connectivity index (χ1v) is 7.84. The van der Waals surface area contributed by atoms with Crippen LogP contribution < -0.4 is 16.4 Å². The molecule has 0 atom stereocenters. The summed E-state index contributed by atoms with van der Waals surface area (Å²) in [4.78, 5) is 23.9. The Labute approximate surface area is 143 Å². The van der Waals surface area contributed by atoms with Crippen LogP contribution in [-0.4, -0.2) is 10.6 Å². The number of fused-ring (bicyclic) bond motifs is 1. The van der Waals surface area contributed by atoms with Crippen molar-refractivity contribution in [2.75, 3.05) is 10.6 Å². The lowest BCUT2D eigenvalue weighted by molar-refractivity contribution is 0.262. The number of benzene rings is 2. The van der Waals surface area contributed by atoms with Crippen molar-refractivity contribution in [2.24, 2.45) is 0 Å². The van der Waals surface area contributed by atoms with Crippen molar-refractivity contribution in [3.63, 3.8) is 0 Å². The molecule has 1 heterocycles. The zero-order valence-electron chi connectivity index (χ0n) is 14.1. The van der Waals surface area contributed by atoms with E-state index in [1.807, 2.05) is 13.8 Å². The van der Waals surface area contributed by atoms with E-state index >= 15 is 0 Å². The third-order valence-electron chi connectivity index (χ3n) is 3.82. The number of urea groups is 1. The number of hydrogen-bond donors (Lipinski definition) is 2. The summed E-state index contributed by atoms with van der Waals surface area (Å²) in [7, 11) is 0. The maximum absolute atomic E-state index is 13.5. The fourth-order valence-corrected chi connectivity index (χ4v) is 2.57. The van der Waals surface area contributed by atoms with Crippen molar-refractivity contribution in [3.05, 3.63) is 58.3 Å². The van der Waals surface area contributed by atoms with E-state index in [4.69, 9.17) is 4.42 Å². The molecule has 0 fully saturated rings. The molecule has 25 heavy (non-hydrogen) atoms. The average Bonchev–Trinajstić information content (AvgIpc) is 2.86. The van der Waals surface area contributed by atoms with Crippen LogP contribution in [0.4, 0.5) is 20.6 Å². The monoisotopic (exact) mass is 343 g/mol. The zero-order valence-corrected chi connectivity index (χ0v) is 14.1. The summed E-state index contributed by atoms with van der Waals surface area (Å²) < 4.78 is 20.3. The predicted molar refractivity (Wildman–Crippen MR) is 94.6 cm³/mol. The van der Waals surface area contributed by atoms with Crippen LogP contribution in [0.2, 0.25) is 0 Å². The third-order valence-corrected chi connectivity index (χ3v) is 3.82. The van der Waals surface area contributed by atoms with Gasteiger partial charge in [-0.1, -0.05) is 6.07 Å². The molecule has 0 aliphatic rings. The van der Waals surface area contributed by atoms with Crippen LogP contribution in [0.5, 0.6) is 0 Å². The fraction of sp³-hybridized carbons (Fsp3) is 0.222. The molecule has 0 spiro atoms. The first-order chi connectivity index (χ1) is 11.8. The van der Waals surface area contributed by atoms with E-state index in [0.29, 0.717) is 28.0 Å². The summed E-state index contributed by atoms with van der Waals surface area (Å²) in [5.41, 5.74) is 2.35. The van der Waals surface area contributed by atoms with Crippen LogP contribution in [0.1, 0.15) is 25.5 Å². The topological polar surface area (TPSA) is 76.3 Å². The van der Waals surface area contributed by atoms with Gasteiger partial charge in [0.2, 0.25) is 0 Å². The van der Waals surface area contributed by atoms with Gasteiger partial charge in [0.05, 0.1) is 5.52 Å². The number of hydrogen-bond acceptors (Lipinski definition) is 3. The van der Waals surface area contributed by atoms with Gasteiger partial charge >= 0.3 is 11.8 Å². The maximum Gasteiger partial charge on any atom is 0.420 e. The van der Waals surface area contributed by atoms with E-state index in [0.717, 1.165) is 0 Å². The van der Waals surface area contributed by atoms with Gasteiger partial charge in [0.1, 0.15) is 5.82 Å². The van der Waals surface area contributed by atoms with Gasteiger partial charge in [0.15, 0.2) is 5.58 Å². The highest BCUT2D eigenvalue weighted by Crippen LogP contribution is 2.21. The number of nitrogens with zero attached hydrogens (tertiary/aromatic N) is 1. The van der Waals surface area contributed by atoms with Gasteiger partial charge in [0.25, 0.3) is 0 Å². The number of rotatable bonds is 3. The third kappa shape index (κ3) is 3.40. The number of aryl methyl sites for hydroxylation is 1. The van der Waals surface area contributed by atoms with Gasteiger partial charge < -0.3 is 15.1 Å². The van der Waals surface area contributed by atoms with Gasteiger partial charge in [-0.05, 0) is 50.6 Å². The van der Waals surface area contributed by atoms with E-state index < -0.39 is 17.6 Å². The number of oxazole rings is 1. The summed E-state index contributed by atoms with van der Waals surface area (Å²) in [6, 6.07) is 8.85. The number of amides is 2. The second-order valence-electron chi connectivity index (χ2n) is 6.06. The lowest BCUT2D eigenvalue weighted by Crippen LogP contribution is -2.19. The predicted octanol–water partition coefficient (Wildman–Crippen LogP) is 4.27. The highest BCUT2D eigenvalue weighted by Gasteiger charge is 2.13. The molecule has 6 nitrogen and oxygen atoms in total. The molecule has 2 N–H and O–H groups in total. The smallest absolute Gasteiger partial charge is 0.408 e. The molecule has 0 saturated heterocycles. The first kappa shape index (κ1) is 16.8. The summed E-state index contributed by atoms with van der Waals surface area (Å²) in [6.45, 7) is 5.42. The number of carbonyl (C=O) groups is 1. The van der Waals surface area contributed by atoms with Crippen LogP contribution in [0, 0.1) is 12.7 Å². The van der Waals surface area contributed by atoms with Crippen LogP contribution in [0.3, 0.4) is 0 Å². The van der Waals surface area contributed by atoms with Crippen LogP contribution in [-0.2, 0) is 0 Å². The molecule has 130 valence electrons. The zero-order chi connectivity index (χ0) is 18.1. The van der Waals surface area contributed by atoms with Crippen molar-refractivity contribution in [2.45, 2.75) is 26.8 Å². The second-order valence-corrected chi connectivity index (χ2v) is 6.06. The molecule has 0 radical (unpaired) electrons. The molecule has 0 aliphatic heterocycles. The molecular formula is C18H18FN3O3. The molecule has 0 unspecified atom stereocenters. The molecule has 3 aromatic rings. The SMILES string of the molecule is Cc1ccc(NC(=O)Nc2ccc3c(c2)oc(=O)n3C(C)C)cc1F. The lowest BCUT2D eigenvalue weighted by Gasteiger charge is -2.09. The van der Waals surface area contributed by atoms with Gasteiger partial charge in [-0.2, -0.15) is 0 Å². The summed E-state index contributed by atoms with van der Waals surface area (Å²) in [6.07, 6.45) is 0. The molecular weight excluding hydrogens is 325 g/mol. The quantitative estimate of drug-likeness (QED) is 0.746. The maximum atomic E-state index is 13.5. The molecule has 0 aliphatic carbocycles. The van der Waals surface area contributed by atoms with Crippen molar-refractivity contribution in [1.82, 2.24) is 4.57 Å². The van der Waals surface area contributed by atoms with E-state index in [1.54, 1.807) is 37.3 Å². The Morgan fingerprint density at radius 1 is 1.12 bits per heavy atom. The minimum Gasteiger partial charge on any atom is -0.408 e. The van der Waals surface area contributed by atoms with E-state index in [9.17, 15) is 14.0 Å². The molecule has 7 heteroatoms. The largest absolute Gasteiger partial charge is 0.420 e. The van der Waals surface area contributed by atoms with Crippen LogP contribution in [0.15, 0.2) is 45.6 Å². The number of nitrogens with one attached hydrogen (secondary N) is 2. The van der Waals surface area contributed by atoms with E-state index in [1.165, 1.54) is 10.6 Å². The van der Waals surface area contributed by atoms with Gasteiger partial charge in [-0.15, -0.1) is 0 Å². The minimum absolute atomic E-state index is 0.0349. The van der Waals surface area contributed by atoms with Gasteiger partial charge in [-0.25, -0.2) is 14.0 Å². The standard InChI is InChI=1S/C18H18FN3O3/c1-10(2)22-15-7-6-13(9-16(15)25-18(22)24)21-17(23)20-12-5-4-11(3)14(19)8-12/h4-10H,1-3H3,(H2,20,21,23). The Kier molecular flexibility index (Phi) is 4.31.